The Hall–Kier alpha value is -1.43. The summed E-state index contributed by atoms with van der Waals surface area (Å²) in [5.74, 6) is 0.181. The highest BCUT2D eigenvalue weighted by atomic mass is 19.3. The fourth-order valence-electron chi connectivity index (χ4n) is 1.88. The van der Waals surface area contributed by atoms with Crippen LogP contribution in [0.1, 0.15) is 18.5 Å². The van der Waals surface area contributed by atoms with Gasteiger partial charge in [-0.25, -0.2) is 13.8 Å². The molecule has 1 aliphatic heterocycles. The maximum atomic E-state index is 12.5. The summed E-state index contributed by atoms with van der Waals surface area (Å²) in [4.78, 5) is 5.87. The van der Waals surface area contributed by atoms with E-state index in [1.807, 2.05) is 7.05 Å². The molecule has 1 atom stereocenters. The standard InChI is InChI=1S/C11H15F2N3O/c1-16-3-2-8(6-16)17-10-5-7(14)4-9(15-10)11(12)13/h4-5,8,11H,2-3,6H2,1H3,(H2,14,15). The molecule has 0 bridgehead atoms. The molecule has 94 valence electrons. The van der Waals surface area contributed by atoms with Crippen molar-refractivity contribution in [2.75, 3.05) is 25.9 Å². The lowest BCUT2D eigenvalue weighted by atomic mass is 10.3. The van der Waals surface area contributed by atoms with Crippen LogP contribution in [0.25, 0.3) is 0 Å². The number of anilines is 1. The minimum atomic E-state index is -2.63. The Kier molecular flexibility index (Phi) is 3.42. The second-order valence-corrected chi connectivity index (χ2v) is 4.26. The van der Waals surface area contributed by atoms with Crippen LogP contribution in [0.5, 0.6) is 5.88 Å². The Balaban J connectivity index is 2.10. The molecule has 2 N–H and O–H groups in total. The zero-order chi connectivity index (χ0) is 12.4. The van der Waals surface area contributed by atoms with Crippen LogP contribution in [-0.4, -0.2) is 36.1 Å². The van der Waals surface area contributed by atoms with Crippen LogP contribution in [0.2, 0.25) is 0 Å². The number of nitrogens with two attached hydrogens (primary N) is 1. The van der Waals surface area contributed by atoms with Crippen molar-refractivity contribution in [2.45, 2.75) is 19.0 Å². The average molecular weight is 243 g/mol. The molecule has 1 aromatic heterocycles. The summed E-state index contributed by atoms with van der Waals surface area (Å²) < 4.78 is 30.6. The van der Waals surface area contributed by atoms with E-state index < -0.39 is 6.43 Å². The van der Waals surface area contributed by atoms with Gasteiger partial charge in [0.05, 0.1) is 0 Å². The van der Waals surface area contributed by atoms with Gasteiger partial charge in [-0.15, -0.1) is 0 Å². The van der Waals surface area contributed by atoms with Crippen molar-refractivity contribution >= 4 is 5.69 Å². The van der Waals surface area contributed by atoms with Crippen molar-refractivity contribution in [3.63, 3.8) is 0 Å². The lowest BCUT2D eigenvalue weighted by Gasteiger charge is -2.14. The molecule has 4 nitrogen and oxygen atoms in total. The lowest BCUT2D eigenvalue weighted by molar-refractivity contribution is 0.142. The van der Waals surface area contributed by atoms with E-state index in [1.54, 1.807) is 0 Å². The smallest absolute Gasteiger partial charge is 0.280 e. The van der Waals surface area contributed by atoms with Crippen LogP contribution < -0.4 is 10.5 Å². The number of pyridine rings is 1. The number of rotatable bonds is 3. The van der Waals surface area contributed by atoms with E-state index in [2.05, 4.69) is 9.88 Å². The Morgan fingerprint density at radius 1 is 1.53 bits per heavy atom. The molecule has 1 saturated heterocycles. The van der Waals surface area contributed by atoms with E-state index in [0.29, 0.717) is 0 Å². The molecule has 0 spiro atoms. The van der Waals surface area contributed by atoms with Crippen LogP contribution in [0.4, 0.5) is 14.5 Å². The Bertz CT molecular complexity index is 400. The van der Waals surface area contributed by atoms with Crippen molar-refractivity contribution < 1.29 is 13.5 Å². The molecule has 1 unspecified atom stereocenters. The van der Waals surface area contributed by atoms with Crippen molar-refractivity contribution in [1.82, 2.24) is 9.88 Å². The number of nitrogen functional groups attached to an aromatic ring is 1. The highest BCUT2D eigenvalue weighted by Gasteiger charge is 2.22. The molecule has 2 heterocycles. The fourth-order valence-corrected chi connectivity index (χ4v) is 1.88. The number of halogens is 2. The summed E-state index contributed by atoms with van der Waals surface area (Å²) >= 11 is 0. The third kappa shape index (κ3) is 3.03. The Labute approximate surface area is 98.4 Å². The first-order valence-corrected chi connectivity index (χ1v) is 5.45. The molecule has 0 radical (unpaired) electrons. The molecule has 1 aliphatic rings. The predicted molar refractivity (Wildman–Crippen MR) is 60.1 cm³/mol. The molecule has 1 aromatic rings. The molecular weight excluding hydrogens is 228 g/mol. The van der Waals surface area contributed by atoms with Gasteiger partial charge in [0.2, 0.25) is 5.88 Å². The van der Waals surface area contributed by atoms with Gasteiger partial charge in [-0.3, -0.25) is 0 Å². The number of ether oxygens (including phenoxy) is 1. The van der Waals surface area contributed by atoms with Crippen LogP contribution in [0, 0.1) is 0 Å². The maximum Gasteiger partial charge on any atom is 0.280 e. The second-order valence-electron chi connectivity index (χ2n) is 4.26. The number of aromatic nitrogens is 1. The summed E-state index contributed by atoms with van der Waals surface area (Å²) in [6.45, 7) is 1.72. The summed E-state index contributed by atoms with van der Waals surface area (Å²) in [7, 11) is 1.99. The van der Waals surface area contributed by atoms with E-state index in [4.69, 9.17) is 10.5 Å². The highest BCUT2D eigenvalue weighted by molar-refractivity contribution is 5.42. The fraction of sp³-hybridized carbons (Fsp3) is 0.545. The van der Waals surface area contributed by atoms with Crippen molar-refractivity contribution in [3.8, 4) is 5.88 Å². The van der Waals surface area contributed by atoms with Gasteiger partial charge in [0, 0.05) is 24.8 Å². The number of hydrogen-bond donors (Lipinski definition) is 1. The molecular formula is C11H15F2N3O. The minimum absolute atomic E-state index is 0.000164. The van der Waals surface area contributed by atoms with Crippen molar-refractivity contribution in [1.29, 1.82) is 0 Å². The number of likely N-dealkylation sites (N-methyl/N-ethyl adjacent to an activating group) is 1. The third-order valence-corrected chi connectivity index (χ3v) is 2.70. The van der Waals surface area contributed by atoms with Crippen LogP contribution in [0.3, 0.4) is 0 Å². The molecule has 0 aliphatic carbocycles. The van der Waals surface area contributed by atoms with Crippen LogP contribution in [-0.2, 0) is 0 Å². The second kappa shape index (κ2) is 4.83. The Morgan fingerprint density at radius 3 is 2.88 bits per heavy atom. The summed E-state index contributed by atoms with van der Waals surface area (Å²) in [5.41, 5.74) is 5.44. The average Bonchev–Trinajstić information content (AvgIpc) is 2.63. The predicted octanol–water partition coefficient (Wildman–Crippen LogP) is 1.68. The van der Waals surface area contributed by atoms with Gasteiger partial charge >= 0.3 is 0 Å². The molecule has 0 aromatic carbocycles. The first-order valence-electron chi connectivity index (χ1n) is 5.45. The molecule has 6 heteroatoms. The monoisotopic (exact) mass is 243 g/mol. The highest BCUT2D eigenvalue weighted by Crippen LogP contribution is 2.24. The zero-order valence-electron chi connectivity index (χ0n) is 9.57. The lowest BCUT2D eigenvalue weighted by Crippen LogP contribution is -2.22. The summed E-state index contributed by atoms with van der Waals surface area (Å²) in [6, 6.07) is 2.64. The summed E-state index contributed by atoms with van der Waals surface area (Å²) in [6.07, 6.45) is -1.76. The Morgan fingerprint density at radius 2 is 2.29 bits per heavy atom. The van der Waals surface area contributed by atoms with Gasteiger partial charge < -0.3 is 15.4 Å². The first kappa shape index (κ1) is 12.0. The topological polar surface area (TPSA) is 51.4 Å². The van der Waals surface area contributed by atoms with Crippen molar-refractivity contribution in [3.05, 3.63) is 17.8 Å². The number of nitrogens with zero attached hydrogens (tertiary/aromatic N) is 2. The van der Waals surface area contributed by atoms with E-state index in [0.717, 1.165) is 25.6 Å². The zero-order valence-corrected chi connectivity index (χ0v) is 9.57. The number of likely N-dealkylation sites (tertiary alicyclic amines) is 1. The third-order valence-electron chi connectivity index (χ3n) is 2.70. The SMILES string of the molecule is CN1CCC(Oc2cc(N)cc(C(F)F)n2)C1. The summed E-state index contributed by atoms with van der Waals surface area (Å²) in [5, 5.41) is 0. The van der Waals surface area contributed by atoms with Gasteiger partial charge in [-0.2, -0.15) is 0 Å². The van der Waals surface area contributed by atoms with Gasteiger partial charge in [0.25, 0.3) is 6.43 Å². The molecule has 17 heavy (non-hydrogen) atoms. The minimum Gasteiger partial charge on any atom is -0.473 e. The van der Waals surface area contributed by atoms with Crippen LogP contribution >= 0.6 is 0 Å². The van der Waals surface area contributed by atoms with Gasteiger partial charge in [0.1, 0.15) is 11.8 Å². The molecule has 0 amide bonds. The van der Waals surface area contributed by atoms with E-state index in [1.165, 1.54) is 6.07 Å². The van der Waals surface area contributed by atoms with Gasteiger partial charge in [-0.1, -0.05) is 0 Å². The number of alkyl halides is 2. The van der Waals surface area contributed by atoms with Crippen LogP contribution in [0.15, 0.2) is 12.1 Å². The van der Waals surface area contributed by atoms with Crippen molar-refractivity contribution in [2.24, 2.45) is 0 Å². The van der Waals surface area contributed by atoms with E-state index in [9.17, 15) is 8.78 Å². The quantitative estimate of drug-likeness (QED) is 0.877. The van der Waals surface area contributed by atoms with Gasteiger partial charge in [0.15, 0.2) is 0 Å². The normalized spacial score (nSPS) is 21.1. The number of hydrogen-bond acceptors (Lipinski definition) is 4. The maximum absolute atomic E-state index is 12.5. The molecule has 1 fully saturated rings. The van der Waals surface area contributed by atoms with Gasteiger partial charge in [-0.05, 0) is 19.5 Å². The van der Waals surface area contributed by atoms with E-state index in [-0.39, 0.29) is 23.4 Å². The molecule has 2 rings (SSSR count). The largest absolute Gasteiger partial charge is 0.473 e. The van der Waals surface area contributed by atoms with E-state index >= 15 is 0 Å². The first-order chi connectivity index (χ1) is 8.04. The molecule has 0 saturated carbocycles.